The lowest BCUT2D eigenvalue weighted by molar-refractivity contribution is -0.119. The van der Waals surface area contributed by atoms with Crippen LogP contribution in [0.5, 0.6) is 0 Å². The third kappa shape index (κ3) is 5.01. The molecule has 1 N–H and O–H groups in total. The summed E-state index contributed by atoms with van der Waals surface area (Å²) in [6, 6.07) is 19.5. The van der Waals surface area contributed by atoms with Crippen LogP contribution in [0.4, 0.5) is 4.79 Å². The summed E-state index contributed by atoms with van der Waals surface area (Å²) in [7, 11) is 0. The highest BCUT2D eigenvalue weighted by molar-refractivity contribution is 6.23. The molecule has 4 aromatic rings. The van der Waals surface area contributed by atoms with Crippen LogP contribution in [0, 0.1) is 29.6 Å². The van der Waals surface area contributed by atoms with Crippen LogP contribution in [0.2, 0.25) is 0 Å². The molecular formula is C33H33NO3. The lowest BCUT2D eigenvalue weighted by atomic mass is 9.90. The molecule has 0 aliphatic heterocycles. The number of aryl methyl sites for hydroxylation is 1. The Morgan fingerprint density at radius 3 is 2.27 bits per heavy atom. The summed E-state index contributed by atoms with van der Waals surface area (Å²) in [4.78, 5) is 24.7. The largest absolute Gasteiger partial charge is 0.449 e. The van der Waals surface area contributed by atoms with Gasteiger partial charge in [0.1, 0.15) is 5.78 Å². The molecular weight excluding hydrogens is 458 g/mol. The number of fused-ring (bicyclic) bond motifs is 1. The second-order valence-electron chi connectivity index (χ2n) is 10.7. The molecule has 0 radical (unpaired) electrons. The van der Waals surface area contributed by atoms with Crippen LogP contribution in [0.3, 0.4) is 0 Å². The monoisotopic (exact) mass is 491 g/mol. The Hall–Kier alpha value is -3.58. The van der Waals surface area contributed by atoms with Crippen molar-refractivity contribution in [3.63, 3.8) is 0 Å². The van der Waals surface area contributed by atoms with Crippen molar-refractivity contribution in [3.05, 3.63) is 60.2 Å². The zero-order valence-corrected chi connectivity index (χ0v) is 21.2. The van der Waals surface area contributed by atoms with E-state index in [1.54, 1.807) is 0 Å². The highest BCUT2D eigenvalue weighted by Crippen LogP contribution is 2.52. The van der Waals surface area contributed by atoms with Gasteiger partial charge in [0.05, 0.1) is 6.61 Å². The fraction of sp³-hybridized carbons (Fsp3) is 0.394. The van der Waals surface area contributed by atoms with Crippen LogP contribution in [0.1, 0.15) is 50.5 Å². The lowest BCUT2D eigenvalue weighted by Gasteiger charge is -2.13. The number of Topliss-reactive ketones (excluding diaryl/α,β-unsaturated/α-hetero) is 1. The minimum Gasteiger partial charge on any atom is -0.449 e. The smallest absolute Gasteiger partial charge is 0.407 e. The van der Waals surface area contributed by atoms with E-state index in [4.69, 9.17) is 4.74 Å². The average molecular weight is 492 g/mol. The van der Waals surface area contributed by atoms with E-state index in [9.17, 15) is 9.59 Å². The Morgan fingerprint density at radius 1 is 0.838 bits per heavy atom. The Kier molecular flexibility index (Phi) is 6.70. The summed E-state index contributed by atoms with van der Waals surface area (Å²) in [5.41, 5.74) is 1.22. The normalized spacial score (nSPS) is 20.6. The molecule has 1 amide bonds. The third-order valence-corrected chi connectivity index (χ3v) is 8.44. The van der Waals surface area contributed by atoms with E-state index in [0.29, 0.717) is 50.2 Å². The first-order valence-electron chi connectivity index (χ1n) is 13.7. The summed E-state index contributed by atoms with van der Waals surface area (Å²) in [6.07, 6.45) is 6.19. The number of ether oxygens (including phenoxy) is 1. The number of rotatable bonds is 9. The summed E-state index contributed by atoms with van der Waals surface area (Å²) >= 11 is 0. The van der Waals surface area contributed by atoms with E-state index in [-0.39, 0.29) is 11.9 Å². The highest BCUT2D eigenvalue weighted by atomic mass is 16.5. The molecule has 0 saturated heterocycles. The molecule has 1 fully saturated rings. The quantitative estimate of drug-likeness (QED) is 0.155. The number of hydrogen-bond acceptors (Lipinski definition) is 3. The number of carbonyl (C=O) groups is 2. The van der Waals surface area contributed by atoms with Crippen LogP contribution in [-0.2, 0) is 16.0 Å². The zero-order chi connectivity index (χ0) is 25.2. The third-order valence-electron chi connectivity index (χ3n) is 8.44. The molecule has 2 aliphatic carbocycles. The van der Waals surface area contributed by atoms with Crippen LogP contribution >= 0.6 is 0 Å². The molecule has 0 heterocycles. The van der Waals surface area contributed by atoms with Gasteiger partial charge in [-0.15, -0.1) is 11.8 Å². The van der Waals surface area contributed by atoms with Gasteiger partial charge in [0, 0.05) is 32.2 Å². The molecule has 2 aliphatic rings. The molecule has 4 nitrogen and oxygen atoms in total. The summed E-state index contributed by atoms with van der Waals surface area (Å²) in [5, 5.41) is 10.4. The predicted molar refractivity (Wildman–Crippen MR) is 149 cm³/mol. The Balaban J connectivity index is 0.953. The van der Waals surface area contributed by atoms with E-state index in [1.165, 1.54) is 37.9 Å². The number of ketones is 1. The van der Waals surface area contributed by atoms with Crippen molar-refractivity contribution in [1.82, 2.24) is 5.32 Å². The second-order valence-corrected chi connectivity index (χ2v) is 10.7. The van der Waals surface area contributed by atoms with E-state index < -0.39 is 0 Å². The molecule has 188 valence electrons. The van der Waals surface area contributed by atoms with Crippen LogP contribution in [-0.4, -0.2) is 25.0 Å². The first kappa shape index (κ1) is 23.8. The van der Waals surface area contributed by atoms with Crippen LogP contribution in [0.15, 0.2) is 54.6 Å². The average Bonchev–Trinajstić information content (AvgIpc) is 3.56. The van der Waals surface area contributed by atoms with Gasteiger partial charge >= 0.3 is 6.09 Å². The number of alkyl carbamates (subject to hydrolysis) is 1. The van der Waals surface area contributed by atoms with Gasteiger partial charge in [-0.2, -0.15) is 0 Å². The number of benzene rings is 4. The van der Waals surface area contributed by atoms with E-state index in [1.807, 2.05) is 0 Å². The summed E-state index contributed by atoms with van der Waals surface area (Å²) < 4.78 is 5.47. The van der Waals surface area contributed by atoms with Gasteiger partial charge in [0.2, 0.25) is 0 Å². The Morgan fingerprint density at radius 2 is 1.51 bits per heavy atom. The molecule has 4 aromatic carbocycles. The molecule has 37 heavy (non-hydrogen) atoms. The maximum atomic E-state index is 12.6. The van der Waals surface area contributed by atoms with Gasteiger partial charge in [-0.1, -0.05) is 54.6 Å². The van der Waals surface area contributed by atoms with Crippen molar-refractivity contribution < 1.29 is 14.3 Å². The van der Waals surface area contributed by atoms with Crippen LogP contribution in [0.25, 0.3) is 32.3 Å². The van der Waals surface area contributed by atoms with Gasteiger partial charge in [0.15, 0.2) is 0 Å². The van der Waals surface area contributed by atoms with Gasteiger partial charge in [-0.25, -0.2) is 4.79 Å². The molecule has 1 unspecified atom stereocenters. The number of amides is 1. The molecule has 3 atom stereocenters. The van der Waals surface area contributed by atoms with E-state index >= 15 is 0 Å². The molecule has 1 saturated carbocycles. The van der Waals surface area contributed by atoms with Gasteiger partial charge in [0.25, 0.3) is 0 Å². The maximum absolute atomic E-state index is 12.6. The zero-order valence-electron chi connectivity index (χ0n) is 21.2. The van der Waals surface area contributed by atoms with Crippen molar-refractivity contribution in [2.45, 2.75) is 51.4 Å². The van der Waals surface area contributed by atoms with Crippen molar-refractivity contribution in [1.29, 1.82) is 0 Å². The number of hydrogen-bond donors (Lipinski definition) is 1. The Labute approximate surface area is 218 Å². The fourth-order valence-corrected chi connectivity index (χ4v) is 6.39. The second kappa shape index (κ2) is 10.4. The first-order valence-corrected chi connectivity index (χ1v) is 13.7. The number of nitrogens with one attached hydrogen (secondary N) is 1. The fourth-order valence-electron chi connectivity index (χ4n) is 6.39. The molecule has 0 bridgehead atoms. The molecule has 4 heteroatoms. The SMILES string of the molecule is O=C(CCCNC(=O)OCC1[C@H]2CCC#CCC[C@@H]12)CCc1ccc2ccc3cccc4ccc1c2c34. The van der Waals surface area contributed by atoms with Crippen molar-refractivity contribution in [2.24, 2.45) is 17.8 Å². The van der Waals surface area contributed by atoms with Gasteiger partial charge in [-0.05, 0) is 81.3 Å². The van der Waals surface area contributed by atoms with Crippen molar-refractivity contribution in [3.8, 4) is 11.8 Å². The first-order chi connectivity index (χ1) is 18.2. The van der Waals surface area contributed by atoms with Crippen molar-refractivity contribution >= 4 is 44.2 Å². The van der Waals surface area contributed by atoms with Crippen molar-refractivity contribution in [2.75, 3.05) is 13.2 Å². The minimum absolute atomic E-state index is 0.234. The molecule has 0 aromatic heterocycles. The van der Waals surface area contributed by atoms with E-state index in [2.05, 4.69) is 71.8 Å². The van der Waals surface area contributed by atoms with Gasteiger partial charge in [-0.3, -0.25) is 4.79 Å². The predicted octanol–water partition coefficient (Wildman–Crippen LogP) is 7.03. The van der Waals surface area contributed by atoms with E-state index in [0.717, 1.165) is 32.1 Å². The summed E-state index contributed by atoms with van der Waals surface area (Å²) in [6.45, 7) is 0.966. The lowest BCUT2D eigenvalue weighted by Crippen LogP contribution is -2.26. The topological polar surface area (TPSA) is 55.4 Å². The highest BCUT2D eigenvalue weighted by Gasteiger charge is 2.49. The maximum Gasteiger partial charge on any atom is 0.407 e. The Bertz CT molecular complexity index is 1480. The molecule has 0 spiro atoms. The van der Waals surface area contributed by atoms with Gasteiger partial charge < -0.3 is 10.1 Å². The van der Waals surface area contributed by atoms with Crippen LogP contribution < -0.4 is 5.32 Å². The number of carbonyl (C=O) groups excluding carboxylic acids is 2. The summed E-state index contributed by atoms with van der Waals surface area (Å²) in [5.74, 6) is 8.50. The molecule has 6 rings (SSSR count). The minimum atomic E-state index is -0.364. The standard InChI is InChI=1S/C33H33NO3/c35-26(9-6-20-34-33(36)37-21-30-28-10-3-1-2-4-11-29(28)30)18-16-22-12-13-25-15-14-23-7-5-8-24-17-19-27(22)32(25)31(23)24/h5,7-8,12-15,17,19,28-30H,3-4,6,9-11,16,18,20-21H2,(H,34,36)/t28-,29+,30?.